The summed E-state index contributed by atoms with van der Waals surface area (Å²) in [4.78, 5) is 23.8. The number of esters is 1. The minimum Gasteiger partial charge on any atom is -0.469 e. The van der Waals surface area contributed by atoms with Crippen molar-refractivity contribution in [2.45, 2.75) is 13.3 Å². The van der Waals surface area contributed by atoms with Crippen molar-refractivity contribution >= 4 is 5.97 Å². The smallest absolute Gasteiger partial charge is 0.313 e. The number of nitrogens with zero attached hydrogens (tertiary/aromatic N) is 3. The van der Waals surface area contributed by atoms with Gasteiger partial charge in [-0.1, -0.05) is 0 Å². The zero-order valence-electron chi connectivity index (χ0n) is 10.3. The Hall–Kier alpha value is -2.30. The molecule has 0 spiro atoms. The first kappa shape index (κ1) is 12.2. The molecule has 0 saturated carbocycles. The lowest BCUT2D eigenvalue weighted by Gasteiger charge is -2.05. The standard InChI is InChI=1S/C13H13N3O2/c1-9-6-11(10-4-3-5-14-8-10)16-12(15-9)7-13(17)18-2/h3-6,8H,7H2,1-2H3. The van der Waals surface area contributed by atoms with Crippen LogP contribution in [0.2, 0.25) is 0 Å². The summed E-state index contributed by atoms with van der Waals surface area (Å²) in [6.07, 6.45) is 3.50. The van der Waals surface area contributed by atoms with Crippen molar-refractivity contribution in [2.75, 3.05) is 7.11 Å². The summed E-state index contributed by atoms with van der Waals surface area (Å²) in [5.41, 5.74) is 2.46. The molecule has 0 radical (unpaired) electrons. The lowest BCUT2D eigenvalue weighted by Crippen LogP contribution is -2.09. The predicted molar refractivity (Wildman–Crippen MR) is 65.7 cm³/mol. The van der Waals surface area contributed by atoms with Crippen LogP contribution in [-0.2, 0) is 16.0 Å². The fourth-order valence-electron chi connectivity index (χ4n) is 1.57. The number of carbonyl (C=O) groups excluding carboxylic acids is 1. The fraction of sp³-hybridized carbons (Fsp3) is 0.231. The topological polar surface area (TPSA) is 65.0 Å². The van der Waals surface area contributed by atoms with Crippen LogP contribution >= 0.6 is 0 Å². The van der Waals surface area contributed by atoms with E-state index in [4.69, 9.17) is 0 Å². The van der Waals surface area contributed by atoms with Crippen LogP contribution in [0.5, 0.6) is 0 Å². The van der Waals surface area contributed by atoms with E-state index in [9.17, 15) is 4.79 Å². The summed E-state index contributed by atoms with van der Waals surface area (Å²) in [6, 6.07) is 5.61. The third-order valence-corrected chi connectivity index (χ3v) is 2.39. The SMILES string of the molecule is COC(=O)Cc1nc(C)cc(-c2cccnc2)n1. The summed E-state index contributed by atoms with van der Waals surface area (Å²) in [5.74, 6) is 0.110. The molecule has 0 bridgehead atoms. The fourth-order valence-corrected chi connectivity index (χ4v) is 1.57. The quantitative estimate of drug-likeness (QED) is 0.765. The summed E-state index contributed by atoms with van der Waals surface area (Å²) in [7, 11) is 1.35. The van der Waals surface area contributed by atoms with E-state index in [-0.39, 0.29) is 12.4 Å². The number of aromatic nitrogens is 3. The number of methoxy groups -OCH3 is 1. The predicted octanol–water partition coefficient (Wildman–Crippen LogP) is 1.56. The van der Waals surface area contributed by atoms with Crippen LogP contribution in [0.1, 0.15) is 11.5 Å². The highest BCUT2D eigenvalue weighted by Crippen LogP contribution is 2.16. The second kappa shape index (κ2) is 5.35. The molecule has 0 aromatic carbocycles. The molecule has 0 fully saturated rings. The molecule has 92 valence electrons. The Bertz CT molecular complexity index is 555. The Morgan fingerprint density at radius 1 is 1.39 bits per heavy atom. The second-order valence-corrected chi connectivity index (χ2v) is 3.81. The van der Waals surface area contributed by atoms with Gasteiger partial charge in [-0.15, -0.1) is 0 Å². The maximum absolute atomic E-state index is 11.2. The van der Waals surface area contributed by atoms with E-state index in [0.717, 1.165) is 17.0 Å². The monoisotopic (exact) mass is 243 g/mol. The van der Waals surface area contributed by atoms with Gasteiger partial charge in [-0.3, -0.25) is 9.78 Å². The average Bonchev–Trinajstić information content (AvgIpc) is 2.39. The van der Waals surface area contributed by atoms with Crippen molar-refractivity contribution in [1.29, 1.82) is 0 Å². The van der Waals surface area contributed by atoms with Crippen LogP contribution in [0.15, 0.2) is 30.6 Å². The number of hydrogen-bond donors (Lipinski definition) is 0. The molecule has 0 N–H and O–H groups in total. The Morgan fingerprint density at radius 2 is 2.22 bits per heavy atom. The van der Waals surface area contributed by atoms with E-state index in [0.29, 0.717) is 5.82 Å². The maximum atomic E-state index is 11.2. The van der Waals surface area contributed by atoms with Gasteiger partial charge in [0.1, 0.15) is 12.2 Å². The van der Waals surface area contributed by atoms with E-state index in [2.05, 4.69) is 19.7 Å². The van der Waals surface area contributed by atoms with Crippen molar-refractivity contribution in [3.63, 3.8) is 0 Å². The lowest BCUT2D eigenvalue weighted by molar-refractivity contribution is -0.139. The number of carbonyl (C=O) groups is 1. The summed E-state index contributed by atoms with van der Waals surface area (Å²) in [5, 5.41) is 0. The Balaban J connectivity index is 2.35. The highest BCUT2D eigenvalue weighted by molar-refractivity contribution is 5.71. The first-order valence-corrected chi connectivity index (χ1v) is 5.51. The van der Waals surface area contributed by atoms with Gasteiger partial charge in [-0.05, 0) is 25.1 Å². The molecule has 0 aliphatic carbocycles. The van der Waals surface area contributed by atoms with Crippen LogP contribution in [0, 0.1) is 6.92 Å². The van der Waals surface area contributed by atoms with Crippen molar-refractivity contribution in [3.8, 4) is 11.3 Å². The van der Waals surface area contributed by atoms with Gasteiger partial charge in [0.2, 0.25) is 0 Å². The van der Waals surface area contributed by atoms with Crippen molar-refractivity contribution in [3.05, 3.63) is 42.1 Å². The van der Waals surface area contributed by atoms with Gasteiger partial charge in [0.05, 0.1) is 12.8 Å². The van der Waals surface area contributed by atoms with Crippen LogP contribution in [0.25, 0.3) is 11.3 Å². The number of ether oxygens (including phenoxy) is 1. The molecule has 0 amide bonds. The van der Waals surface area contributed by atoms with Crippen LogP contribution in [-0.4, -0.2) is 28.0 Å². The van der Waals surface area contributed by atoms with E-state index in [1.165, 1.54) is 7.11 Å². The number of aryl methyl sites for hydroxylation is 1. The highest BCUT2D eigenvalue weighted by atomic mass is 16.5. The van der Waals surface area contributed by atoms with Crippen LogP contribution in [0.4, 0.5) is 0 Å². The second-order valence-electron chi connectivity index (χ2n) is 3.81. The largest absolute Gasteiger partial charge is 0.469 e. The average molecular weight is 243 g/mol. The molecular weight excluding hydrogens is 230 g/mol. The van der Waals surface area contributed by atoms with Crippen LogP contribution in [0.3, 0.4) is 0 Å². The zero-order valence-corrected chi connectivity index (χ0v) is 10.3. The van der Waals surface area contributed by atoms with Gasteiger partial charge in [0.25, 0.3) is 0 Å². The van der Waals surface area contributed by atoms with Gasteiger partial charge in [-0.25, -0.2) is 9.97 Å². The Kier molecular flexibility index (Phi) is 3.62. The van der Waals surface area contributed by atoms with E-state index < -0.39 is 0 Å². The van der Waals surface area contributed by atoms with Crippen molar-refractivity contribution < 1.29 is 9.53 Å². The van der Waals surface area contributed by atoms with E-state index in [1.54, 1.807) is 12.4 Å². The number of pyridine rings is 1. The molecule has 2 aromatic rings. The summed E-state index contributed by atoms with van der Waals surface area (Å²) >= 11 is 0. The van der Waals surface area contributed by atoms with Crippen molar-refractivity contribution in [2.24, 2.45) is 0 Å². The molecular formula is C13H13N3O2. The first-order valence-electron chi connectivity index (χ1n) is 5.51. The molecule has 2 aromatic heterocycles. The molecule has 2 heterocycles. The maximum Gasteiger partial charge on any atom is 0.313 e. The third-order valence-electron chi connectivity index (χ3n) is 2.39. The number of rotatable bonds is 3. The normalized spacial score (nSPS) is 10.1. The lowest BCUT2D eigenvalue weighted by atomic mass is 10.2. The molecule has 0 saturated heterocycles. The molecule has 18 heavy (non-hydrogen) atoms. The van der Waals surface area contributed by atoms with E-state index >= 15 is 0 Å². The Morgan fingerprint density at radius 3 is 2.89 bits per heavy atom. The van der Waals surface area contributed by atoms with Crippen LogP contribution < -0.4 is 0 Å². The summed E-state index contributed by atoms with van der Waals surface area (Å²) in [6.45, 7) is 1.86. The van der Waals surface area contributed by atoms with Gasteiger partial charge in [0, 0.05) is 23.7 Å². The van der Waals surface area contributed by atoms with E-state index in [1.807, 2.05) is 25.1 Å². The molecule has 0 aliphatic heterocycles. The summed E-state index contributed by atoms with van der Waals surface area (Å²) < 4.78 is 4.61. The molecule has 5 nitrogen and oxygen atoms in total. The molecule has 2 rings (SSSR count). The minimum atomic E-state index is -0.349. The van der Waals surface area contributed by atoms with Gasteiger partial charge < -0.3 is 4.74 Å². The Labute approximate surface area is 105 Å². The van der Waals surface area contributed by atoms with Gasteiger partial charge >= 0.3 is 5.97 Å². The number of hydrogen-bond acceptors (Lipinski definition) is 5. The first-order chi connectivity index (χ1) is 8.69. The highest BCUT2D eigenvalue weighted by Gasteiger charge is 2.09. The molecule has 0 aliphatic rings. The minimum absolute atomic E-state index is 0.0748. The molecule has 0 unspecified atom stereocenters. The van der Waals surface area contributed by atoms with Crippen molar-refractivity contribution in [1.82, 2.24) is 15.0 Å². The molecule has 0 atom stereocenters. The van der Waals surface area contributed by atoms with Gasteiger partial charge in [-0.2, -0.15) is 0 Å². The zero-order chi connectivity index (χ0) is 13.0. The third kappa shape index (κ3) is 2.88. The van der Waals surface area contributed by atoms with Gasteiger partial charge in [0.15, 0.2) is 0 Å². The molecule has 5 heteroatoms.